The maximum atomic E-state index is 12.9. The molecule has 140 valence electrons. The number of carbonyl (C=O) groups excluding carboxylic acids is 1. The number of rotatable bonds is 6. The van der Waals surface area contributed by atoms with Gasteiger partial charge in [0.25, 0.3) is 0 Å². The second kappa shape index (κ2) is 8.10. The maximum Gasteiger partial charge on any atom is 0.248 e. The van der Waals surface area contributed by atoms with E-state index >= 15 is 0 Å². The Balaban J connectivity index is 2.40. The number of hydrogen-bond acceptors (Lipinski definition) is 3. The van der Waals surface area contributed by atoms with Crippen LogP contribution in [0.25, 0.3) is 0 Å². The standard InChI is InChI=1S/C19H23ClN2O3S/c1-5-18(19(23)21-17-10-9-13(2)11-14(17)3)22(26(4,24)25)16-8-6-7-15(20)12-16/h6-12,18H,5H2,1-4H3,(H,21,23)/t18-/m1/s1. The van der Waals surface area contributed by atoms with Gasteiger partial charge in [0.1, 0.15) is 6.04 Å². The topological polar surface area (TPSA) is 66.5 Å². The average molecular weight is 395 g/mol. The van der Waals surface area contributed by atoms with Gasteiger partial charge in [0.15, 0.2) is 0 Å². The summed E-state index contributed by atoms with van der Waals surface area (Å²) in [4.78, 5) is 12.9. The third-order valence-corrected chi connectivity index (χ3v) is 5.45. The summed E-state index contributed by atoms with van der Waals surface area (Å²) in [6.07, 6.45) is 1.40. The van der Waals surface area contributed by atoms with Gasteiger partial charge in [-0.05, 0) is 50.1 Å². The van der Waals surface area contributed by atoms with Crippen LogP contribution in [-0.4, -0.2) is 26.6 Å². The summed E-state index contributed by atoms with van der Waals surface area (Å²) in [5, 5.41) is 3.25. The van der Waals surface area contributed by atoms with Crippen molar-refractivity contribution < 1.29 is 13.2 Å². The predicted molar refractivity (Wildman–Crippen MR) is 107 cm³/mol. The Morgan fingerprint density at radius 2 is 1.88 bits per heavy atom. The molecule has 0 fully saturated rings. The lowest BCUT2D eigenvalue weighted by Gasteiger charge is -2.30. The van der Waals surface area contributed by atoms with Crippen LogP contribution in [0.4, 0.5) is 11.4 Å². The average Bonchev–Trinajstić information content (AvgIpc) is 2.53. The molecule has 0 saturated carbocycles. The molecule has 0 spiro atoms. The number of benzene rings is 2. The van der Waals surface area contributed by atoms with Crippen LogP contribution in [0.3, 0.4) is 0 Å². The first kappa shape index (κ1) is 20.3. The highest BCUT2D eigenvalue weighted by atomic mass is 35.5. The monoisotopic (exact) mass is 394 g/mol. The van der Waals surface area contributed by atoms with Crippen molar-refractivity contribution in [2.75, 3.05) is 15.9 Å². The number of anilines is 2. The van der Waals surface area contributed by atoms with Crippen LogP contribution in [-0.2, 0) is 14.8 Å². The minimum Gasteiger partial charge on any atom is -0.324 e. The number of halogens is 1. The molecule has 0 unspecified atom stereocenters. The zero-order chi connectivity index (χ0) is 19.5. The van der Waals surface area contributed by atoms with Gasteiger partial charge in [-0.3, -0.25) is 9.10 Å². The van der Waals surface area contributed by atoms with E-state index < -0.39 is 16.1 Å². The van der Waals surface area contributed by atoms with E-state index in [-0.39, 0.29) is 5.91 Å². The van der Waals surface area contributed by atoms with Crippen LogP contribution in [0.1, 0.15) is 24.5 Å². The Hall–Kier alpha value is -2.05. The van der Waals surface area contributed by atoms with Crippen molar-refractivity contribution in [3.05, 3.63) is 58.6 Å². The van der Waals surface area contributed by atoms with Gasteiger partial charge in [-0.25, -0.2) is 8.42 Å². The lowest BCUT2D eigenvalue weighted by Crippen LogP contribution is -2.47. The number of sulfonamides is 1. The molecule has 1 N–H and O–H groups in total. The van der Waals surface area contributed by atoms with E-state index in [1.165, 1.54) is 6.07 Å². The summed E-state index contributed by atoms with van der Waals surface area (Å²) in [7, 11) is -3.69. The van der Waals surface area contributed by atoms with Crippen LogP contribution >= 0.6 is 11.6 Å². The summed E-state index contributed by atoms with van der Waals surface area (Å²) >= 11 is 6.01. The Bertz CT molecular complexity index is 913. The van der Waals surface area contributed by atoms with E-state index in [0.29, 0.717) is 22.8 Å². The molecule has 2 rings (SSSR count). The molecule has 0 aliphatic heterocycles. The molecule has 0 aliphatic carbocycles. The molecule has 2 aromatic carbocycles. The van der Waals surface area contributed by atoms with Gasteiger partial charge >= 0.3 is 0 Å². The third kappa shape index (κ3) is 4.77. The van der Waals surface area contributed by atoms with Gasteiger partial charge in [-0.1, -0.05) is 42.3 Å². The summed E-state index contributed by atoms with van der Waals surface area (Å²) in [5.41, 5.74) is 3.03. The SMILES string of the molecule is CC[C@H](C(=O)Nc1ccc(C)cc1C)N(c1cccc(Cl)c1)S(C)(=O)=O. The molecule has 1 amide bonds. The van der Waals surface area contributed by atoms with Gasteiger partial charge in [-0.2, -0.15) is 0 Å². The van der Waals surface area contributed by atoms with Crippen molar-refractivity contribution in [1.29, 1.82) is 0 Å². The third-order valence-electron chi connectivity index (χ3n) is 4.03. The molecule has 0 radical (unpaired) electrons. The molecule has 1 atom stereocenters. The zero-order valence-electron chi connectivity index (χ0n) is 15.3. The lowest BCUT2D eigenvalue weighted by molar-refractivity contribution is -0.117. The first-order chi connectivity index (χ1) is 12.1. The Kier molecular flexibility index (Phi) is 6.31. The van der Waals surface area contributed by atoms with Crippen LogP contribution in [0.5, 0.6) is 0 Å². The number of aryl methyl sites for hydroxylation is 2. The first-order valence-corrected chi connectivity index (χ1v) is 10.5. The van der Waals surface area contributed by atoms with E-state index in [1.807, 2.05) is 32.0 Å². The Morgan fingerprint density at radius 3 is 2.42 bits per heavy atom. The van der Waals surface area contributed by atoms with Gasteiger partial charge < -0.3 is 5.32 Å². The summed E-state index contributed by atoms with van der Waals surface area (Å²) < 4.78 is 26.0. The highest BCUT2D eigenvalue weighted by molar-refractivity contribution is 7.92. The maximum absolute atomic E-state index is 12.9. The largest absolute Gasteiger partial charge is 0.324 e. The predicted octanol–water partition coefficient (Wildman–Crippen LogP) is 4.14. The molecular weight excluding hydrogens is 372 g/mol. The molecule has 5 nitrogen and oxygen atoms in total. The molecule has 7 heteroatoms. The second-order valence-electron chi connectivity index (χ2n) is 6.27. The normalized spacial score (nSPS) is 12.5. The number of carbonyl (C=O) groups is 1. The molecule has 0 heterocycles. The van der Waals surface area contributed by atoms with Crippen molar-refractivity contribution in [1.82, 2.24) is 0 Å². The molecule has 2 aromatic rings. The molecule has 0 bridgehead atoms. The van der Waals surface area contributed by atoms with E-state index in [1.54, 1.807) is 25.1 Å². The number of hydrogen-bond donors (Lipinski definition) is 1. The number of nitrogens with zero attached hydrogens (tertiary/aromatic N) is 1. The zero-order valence-corrected chi connectivity index (χ0v) is 16.9. The van der Waals surface area contributed by atoms with Crippen molar-refractivity contribution in [2.45, 2.75) is 33.2 Å². The summed E-state index contributed by atoms with van der Waals surface area (Å²) in [5.74, 6) is -0.384. The second-order valence-corrected chi connectivity index (χ2v) is 8.57. The molecule has 0 aliphatic rings. The van der Waals surface area contributed by atoms with E-state index in [0.717, 1.165) is 21.7 Å². The fraction of sp³-hybridized carbons (Fsp3) is 0.316. The molecule has 0 aromatic heterocycles. The van der Waals surface area contributed by atoms with Crippen molar-refractivity contribution in [2.24, 2.45) is 0 Å². The lowest BCUT2D eigenvalue weighted by atomic mass is 10.1. The van der Waals surface area contributed by atoms with Gasteiger partial charge in [0.2, 0.25) is 15.9 Å². The highest BCUT2D eigenvalue weighted by Crippen LogP contribution is 2.26. The van der Waals surface area contributed by atoms with Crippen LogP contribution in [0, 0.1) is 13.8 Å². The smallest absolute Gasteiger partial charge is 0.248 e. The Labute approximate surface area is 160 Å². The quantitative estimate of drug-likeness (QED) is 0.800. The summed E-state index contributed by atoms with van der Waals surface area (Å²) in [6.45, 7) is 5.64. The van der Waals surface area contributed by atoms with Crippen LogP contribution in [0.2, 0.25) is 5.02 Å². The van der Waals surface area contributed by atoms with Crippen LogP contribution < -0.4 is 9.62 Å². The molecule has 0 saturated heterocycles. The minimum atomic E-state index is -3.69. The van der Waals surface area contributed by atoms with Gasteiger partial charge in [-0.15, -0.1) is 0 Å². The van der Waals surface area contributed by atoms with Crippen LogP contribution in [0.15, 0.2) is 42.5 Å². The first-order valence-electron chi connectivity index (χ1n) is 8.26. The molecular formula is C19H23ClN2O3S. The fourth-order valence-corrected chi connectivity index (χ4v) is 4.23. The van der Waals surface area contributed by atoms with Crippen molar-refractivity contribution in [3.8, 4) is 0 Å². The number of nitrogens with one attached hydrogen (secondary N) is 1. The van der Waals surface area contributed by atoms with Gasteiger partial charge in [0, 0.05) is 10.7 Å². The fourth-order valence-electron chi connectivity index (χ4n) is 2.84. The van der Waals surface area contributed by atoms with Gasteiger partial charge in [0.05, 0.1) is 11.9 Å². The van der Waals surface area contributed by atoms with E-state index in [2.05, 4.69) is 5.32 Å². The van der Waals surface area contributed by atoms with Crippen molar-refractivity contribution >= 4 is 38.9 Å². The van der Waals surface area contributed by atoms with E-state index in [4.69, 9.17) is 11.6 Å². The minimum absolute atomic E-state index is 0.316. The highest BCUT2D eigenvalue weighted by Gasteiger charge is 2.31. The summed E-state index contributed by atoms with van der Waals surface area (Å²) in [6, 6.07) is 11.3. The Morgan fingerprint density at radius 1 is 1.19 bits per heavy atom. The number of amides is 1. The van der Waals surface area contributed by atoms with E-state index in [9.17, 15) is 13.2 Å². The molecule has 26 heavy (non-hydrogen) atoms. The van der Waals surface area contributed by atoms with Crippen molar-refractivity contribution in [3.63, 3.8) is 0 Å².